The fraction of sp³-hybridized carbons (Fsp3) is 0.500. The molecule has 12 heteroatoms. The molecule has 2 saturated carbocycles. The molecule has 1 aromatic carbocycles. The van der Waals surface area contributed by atoms with Gasteiger partial charge in [0.2, 0.25) is 10.0 Å². The SMILES string of the molecule is Cc1nc(C2CCC(NC(=O)OC(C)C)CC2)sc1-c1ccc(Nc2cnn(C3CC3)c2)cc1S(N)(=O)=O. The lowest BCUT2D eigenvalue weighted by Gasteiger charge is -2.28. The van der Waals surface area contributed by atoms with Crippen molar-refractivity contribution in [3.63, 3.8) is 0 Å². The van der Waals surface area contributed by atoms with E-state index in [-0.39, 0.29) is 29.1 Å². The minimum Gasteiger partial charge on any atom is -0.447 e. The number of ether oxygens (including phenoxy) is 1. The molecule has 0 bridgehead atoms. The number of carbonyl (C=O) groups excluding carboxylic acids is 1. The number of carbonyl (C=O) groups is 1. The average Bonchev–Trinajstić information content (AvgIpc) is 3.47. The van der Waals surface area contributed by atoms with Crippen LogP contribution in [0.3, 0.4) is 0 Å². The van der Waals surface area contributed by atoms with Crippen LogP contribution in [0.2, 0.25) is 0 Å². The Kier molecular flexibility index (Phi) is 7.47. The summed E-state index contributed by atoms with van der Waals surface area (Å²) < 4.78 is 32.4. The van der Waals surface area contributed by atoms with Crippen molar-refractivity contribution in [1.82, 2.24) is 20.1 Å². The number of benzene rings is 1. The highest BCUT2D eigenvalue weighted by molar-refractivity contribution is 7.89. The molecule has 2 heterocycles. The lowest BCUT2D eigenvalue weighted by molar-refractivity contribution is 0.109. The van der Waals surface area contributed by atoms with Gasteiger partial charge in [-0.3, -0.25) is 4.68 Å². The van der Waals surface area contributed by atoms with Crippen molar-refractivity contribution in [3.05, 3.63) is 41.3 Å². The fourth-order valence-electron chi connectivity index (χ4n) is 4.87. The highest BCUT2D eigenvalue weighted by atomic mass is 32.2. The van der Waals surface area contributed by atoms with Gasteiger partial charge in [0.25, 0.3) is 0 Å². The number of hydrogen-bond acceptors (Lipinski definition) is 8. The van der Waals surface area contributed by atoms with Gasteiger partial charge in [-0.1, -0.05) is 6.07 Å². The molecule has 0 atom stereocenters. The fourth-order valence-corrected chi connectivity index (χ4v) is 6.98. The molecule has 2 fully saturated rings. The van der Waals surface area contributed by atoms with Crippen LogP contribution >= 0.6 is 11.3 Å². The Bertz CT molecular complexity index is 1420. The number of aromatic nitrogens is 3. The van der Waals surface area contributed by atoms with E-state index in [2.05, 4.69) is 15.7 Å². The van der Waals surface area contributed by atoms with Gasteiger partial charge in [-0.2, -0.15) is 5.10 Å². The molecule has 2 aliphatic carbocycles. The molecular weight excluding hydrogens is 524 g/mol. The van der Waals surface area contributed by atoms with E-state index in [0.717, 1.165) is 59.8 Å². The standard InChI is InChI=1S/C26H34N6O4S2/c1-15(2)36-26(33)31-18-6-4-17(5-7-18)25-29-16(3)24(37-25)22-11-8-19(12-23(22)38(27,34)35)30-20-13-28-32(14-20)21-9-10-21/h8,11-15,17-18,21,30H,4-7,9-10H2,1-3H3,(H,31,33)(H2,27,34,35). The number of thiazole rings is 1. The Balaban J connectivity index is 1.32. The summed E-state index contributed by atoms with van der Waals surface area (Å²) in [5, 5.41) is 17.2. The van der Waals surface area contributed by atoms with E-state index < -0.39 is 10.0 Å². The van der Waals surface area contributed by atoms with E-state index in [1.165, 1.54) is 11.3 Å². The molecule has 38 heavy (non-hydrogen) atoms. The van der Waals surface area contributed by atoms with Crippen LogP contribution in [0.4, 0.5) is 16.2 Å². The molecule has 0 spiro atoms. The predicted molar refractivity (Wildman–Crippen MR) is 147 cm³/mol. The smallest absolute Gasteiger partial charge is 0.407 e. The number of nitrogens with two attached hydrogens (primary N) is 1. The van der Waals surface area contributed by atoms with Crippen LogP contribution in [0, 0.1) is 6.92 Å². The monoisotopic (exact) mass is 558 g/mol. The Hall–Kier alpha value is -2.96. The molecule has 10 nitrogen and oxygen atoms in total. The number of sulfonamides is 1. The first-order valence-corrected chi connectivity index (χ1v) is 15.4. The second-order valence-corrected chi connectivity index (χ2v) is 13.0. The van der Waals surface area contributed by atoms with Gasteiger partial charge in [0.15, 0.2) is 0 Å². The predicted octanol–water partition coefficient (Wildman–Crippen LogP) is 5.20. The largest absolute Gasteiger partial charge is 0.447 e. The summed E-state index contributed by atoms with van der Waals surface area (Å²) in [4.78, 5) is 17.6. The van der Waals surface area contributed by atoms with E-state index in [9.17, 15) is 13.2 Å². The Morgan fingerprint density at radius 2 is 1.89 bits per heavy atom. The highest BCUT2D eigenvalue weighted by Crippen LogP contribution is 2.42. The first-order chi connectivity index (χ1) is 18.1. The maximum atomic E-state index is 12.6. The van der Waals surface area contributed by atoms with Crippen LogP contribution in [0.5, 0.6) is 0 Å². The summed E-state index contributed by atoms with van der Waals surface area (Å²) in [7, 11) is -3.99. The summed E-state index contributed by atoms with van der Waals surface area (Å²) in [6.45, 7) is 5.55. The second kappa shape index (κ2) is 10.7. The summed E-state index contributed by atoms with van der Waals surface area (Å²) in [5.74, 6) is 0.258. The Labute approximate surface area is 227 Å². The van der Waals surface area contributed by atoms with Gasteiger partial charge in [-0.05, 0) is 71.4 Å². The van der Waals surface area contributed by atoms with Crippen molar-refractivity contribution in [2.45, 2.75) is 88.3 Å². The van der Waals surface area contributed by atoms with Gasteiger partial charge in [-0.15, -0.1) is 11.3 Å². The summed E-state index contributed by atoms with van der Waals surface area (Å²) in [6.07, 6.45) is 8.86. The van der Waals surface area contributed by atoms with Crippen LogP contribution in [-0.4, -0.2) is 41.4 Å². The van der Waals surface area contributed by atoms with Gasteiger partial charge in [-0.25, -0.2) is 23.3 Å². The van der Waals surface area contributed by atoms with Crippen LogP contribution < -0.4 is 15.8 Å². The molecule has 204 valence electrons. The summed E-state index contributed by atoms with van der Waals surface area (Å²) in [5.41, 5.74) is 2.75. The third kappa shape index (κ3) is 6.19. The van der Waals surface area contributed by atoms with E-state index in [0.29, 0.717) is 17.3 Å². The van der Waals surface area contributed by atoms with Crippen molar-refractivity contribution in [1.29, 1.82) is 0 Å². The number of nitrogens with zero attached hydrogens (tertiary/aromatic N) is 3. The molecule has 0 saturated heterocycles. The Morgan fingerprint density at radius 1 is 1.16 bits per heavy atom. The van der Waals surface area contributed by atoms with E-state index >= 15 is 0 Å². The topological polar surface area (TPSA) is 141 Å². The molecule has 4 N–H and O–H groups in total. The molecular formula is C26H34N6O4S2. The second-order valence-electron chi connectivity index (χ2n) is 10.4. The molecule has 3 aromatic rings. The summed E-state index contributed by atoms with van der Waals surface area (Å²) in [6, 6.07) is 5.77. The van der Waals surface area contributed by atoms with Gasteiger partial charge < -0.3 is 15.4 Å². The number of primary sulfonamides is 1. The van der Waals surface area contributed by atoms with Crippen molar-refractivity contribution in [2.24, 2.45) is 5.14 Å². The molecule has 2 aliphatic rings. The maximum absolute atomic E-state index is 12.6. The van der Waals surface area contributed by atoms with Crippen LogP contribution in [0.15, 0.2) is 35.5 Å². The number of hydrogen-bond donors (Lipinski definition) is 3. The molecule has 1 amide bonds. The van der Waals surface area contributed by atoms with E-state index in [1.807, 2.05) is 37.7 Å². The van der Waals surface area contributed by atoms with Gasteiger partial charge in [0, 0.05) is 29.4 Å². The number of aryl methyl sites for hydroxylation is 1. The number of nitrogens with one attached hydrogen (secondary N) is 2. The van der Waals surface area contributed by atoms with Crippen LogP contribution in [0.1, 0.15) is 75.0 Å². The van der Waals surface area contributed by atoms with E-state index in [1.54, 1.807) is 18.3 Å². The minimum absolute atomic E-state index is 0.0620. The lowest BCUT2D eigenvalue weighted by Crippen LogP contribution is -2.38. The zero-order chi connectivity index (χ0) is 27.0. The third-order valence-corrected chi connectivity index (χ3v) is 9.20. The minimum atomic E-state index is -3.99. The number of amides is 1. The van der Waals surface area contributed by atoms with Crippen molar-refractivity contribution < 1.29 is 17.9 Å². The average molecular weight is 559 g/mol. The molecule has 2 aromatic heterocycles. The van der Waals surface area contributed by atoms with Crippen molar-refractivity contribution in [3.8, 4) is 10.4 Å². The first-order valence-electron chi connectivity index (χ1n) is 13.0. The molecule has 0 aliphatic heterocycles. The molecule has 5 rings (SSSR count). The number of anilines is 2. The van der Waals surface area contributed by atoms with Crippen molar-refractivity contribution >= 4 is 38.8 Å². The van der Waals surface area contributed by atoms with Gasteiger partial charge in [0.1, 0.15) is 0 Å². The maximum Gasteiger partial charge on any atom is 0.407 e. The molecule has 0 unspecified atom stereocenters. The Morgan fingerprint density at radius 3 is 2.55 bits per heavy atom. The lowest BCUT2D eigenvalue weighted by atomic mass is 9.86. The number of alkyl carbamates (subject to hydrolysis) is 1. The highest BCUT2D eigenvalue weighted by Gasteiger charge is 2.28. The molecule has 0 radical (unpaired) electrons. The zero-order valence-corrected chi connectivity index (χ0v) is 23.4. The normalized spacial score (nSPS) is 19.9. The van der Waals surface area contributed by atoms with Crippen LogP contribution in [-0.2, 0) is 14.8 Å². The summed E-state index contributed by atoms with van der Waals surface area (Å²) >= 11 is 1.52. The third-order valence-electron chi connectivity index (χ3n) is 6.90. The number of rotatable bonds is 8. The van der Waals surface area contributed by atoms with Crippen LogP contribution in [0.25, 0.3) is 10.4 Å². The zero-order valence-electron chi connectivity index (χ0n) is 21.8. The van der Waals surface area contributed by atoms with Crippen molar-refractivity contribution in [2.75, 3.05) is 5.32 Å². The van der Waals surface area contributed by atoms with Gasteiger partial charge in [0.05, 0.1) is 44.5 Å². The first kappa shape index (κ1) is 26.6. The van der Waals surface area contributed by atoms with Gasteiger partial charge >= 0.3 is 6.09 Å². The quantitative estimate of drug-likeness (QED) is 0.345. The van der Waals surface area contributed by atoms with E-state index in [4.69, 9.17) is 14.9 Å².